The average Bonchev–Trinajstić information content (AvgIpc) is 2.83. The van der Waals surface area contributed by atoms with Gasteiger partial charge in [0.2, 0.25) is 0 Å². The minimum Gasteiger partial charge on any atom is -0.505 e. The van der Waals surface area contributed by atoms with E-state index in [1.165, 1.54) is 12.1 Å². The van der Waals surface area contributed by atoms with Gasteiger partial charge in [-0.25, -0.2) is 14.4 Å². The Bertz CT molecular complexity index is 1370. The summed E-state index contributed by atoms with van der Waals surface area (Å²) in [5.74, 6) is 0.112. The molecule has 5 rings (SSSR count). The molecule has 3 aromatic carbocycles. The third-order valence-corrected chi connectivity index (χ3v) is 6.03. The summed E-state index contributed by atoms with van der Waals surface area (Å²) in [6, 6.07) is 17.1. The molecular formula is C26H23FN4O2. The van der Waals surface area contributed by atoms with Crippen LogP contribution >= 0.6 is 0 Å². The highest BCUT2D eigenvalue weighted by Gasteiger charge is 2.27. The van der Waals surface area contributed by atoms with Gasteiger partial charge in [0.25, 0.3) is 5.91 Å². The van der Waals surface area contributed by atoms with Crippen molar-refractivity contribution in [3.63, 3.8) is 0 Å². The highest BCUT2D eigenvalue weighted by Crippen LogP contribution is 2.36. The summed E-state index contributed by atoms with van der Waals surface area (Å²) < 4.78 is 13.4. The summed E-state index contributed by atoms with van der Waals surface area (Å²) in [7, 11) is 3.78. The predicted molar refractivity (Wildman–Crippen MR) is 126 cm³/mol. The molecule has 6 nitrogen and oxygen atoms in total. The first-order valence-electron chi connectivity index (χ1n) is 10.8. The van der Waals surface area contributed by atoms with Crippen LogP contribution in [0.3, 0.4) is 0 Å². The van der Waals surface area contributed by atoms with Crippen LogP contribution in [0, 0.1) is 5.82 Å². The SMILES string of the molecule is CN(C)c1ccc2c(c1O)CCN(C(=O)c1nc(-c3ccc(F)cc3)nc3ccccc13)C2. The van der Waals surface area contributed by atoms with Gasteiger partial charge < -0.3 is 14.9 Å². The van der Waals surface area contributed by atoms with Crippen LogP contribution in [-0.2, 0) is 13.0 Å². The third kappa shape index (κ3) is 3.75. The van der Waals surface area contributed by atoms with E-state index < -0.39 is 0 Å². The zero-order valence-corrected chi connectivity index (χ0v) is 18.4. The van der Waals surface area contributed by atoms with E-state index in [1.807, 2.05) is 55.4 Å². The second-order valence-corrected chi connectivity index (χ2v) is 8.36. The Morgan fingerprint density at radius 1 is 1.03 bits per heavy atom. The second-order valence-electron chi connectivity index (χ2n) is 8.36. The van der Waals surface area contributed by atoms with Crippen molar-refractivity contribution in [2.45, 2.75) is 13.0 Å². The van der Waals surface area contributed by atoms with E-state index in [0.29, 0.717) is 47.5 Å². The van der Waals surface area contributed by atoms with Crippen LogP contribution in [0.4, 0.5) is 10.1 Å². The van der Waals surface area contributed by atoms with Crippen molar-refractivity contribution in [1.29, 1.82) is 0 Å². The quantitative estimate of drug-likeness (QED) is 0.509. The lowest BCUT2D eigenvalue weighted by atomic mass is 9.97. The molecule has 1 aliphatic heterocycles. The Kier molecular flexibility index (Phi) is 5.17. The van der Waals surface area contributed by atoms with Crippen LogP contribution in [0.5, 0.6) is 5.75 Å². The maximum atomic E-state index is 13.6. The van der Waals surface area contributed by atoms with Crippen molar-refractivity contribution in [2.75, 3.05) is 25.5 Å². The number of carbonyl (C=O) groups is 1. The van der Waals surface area contributed by atoms with Gasteiger partial charge in [0.1, 0.15) is 17.3 Å². The molecule has 0 radical (unpaired) electrons. The van der Waals surface area contributed by atoms with Gasteiger partial charge >= 0.3 is 0 Å². The number of halogens is 1. The molecular weight excluding hydrogens is 419 g/mol. The standard InChI is InChI=1S/C26H23FN4O2/c1-30(2)22-12-9-17-15-31(14-13-19(17)24(22)32)26(33)23-20-5-3-4-6-21(20)28-25(29-23)16-7-10-18(27)11-8-16/h3-12,32H,13-15H2,1-2H3. The largest absolute Gasteiger partial charge is 0.505 e. The van der Waals surface area contributed by atoms with Crippen molar-refractivity contribution >= 4 is 22.5 Å². The van der Waals surface area contributed by atoms with Gasteiger partial charge in [0.05, 0.1) is 11.2 Å². The number of carbonyl (C=O) groups excluding carboxylic acids is 1. The minimum atomic E-state index is -0.344. The lowest BCUT2D eigenvalue weighted by Gasteiger charge is -2.30. The molecule has 0 saturated heterocycles. The monoisotopic (exact) mass is 442 g/mol. The number of hydrogen-bond acceptors (Lipinski definition) is 5. The zero-order valence-electron chi connectivity index (χ0n) is 18.4. The summed E-state index contributed by atoms with van der Waals surface area (Å²) in [4.78, 5) is 26.4. The summed E-state index contributed by atoms with van der Waals surface area (Å²) >= 11 is 0. The van der Waals surface area contributed by atoms with Gasteiger partial charge in [0.15, 0.2) is 5.82 Å². The number of amides is 1. The number of hydrogen-bond donors (Lipinski definition) is 1. The molecule has 1 N–H and O–H groups in total. The Hall–Kier alpha value is -4.00. The summed E-state index contributed by atoms with van der Waals surface area (Å²) in [5, 5.41) is 11.3. The first kappa shape index (κ1) is 20.9. The fourth-order valence-electron chi connectivity index (χ4n) is 4.28. The molecule has 0 bridgehead atoms. The van der Waals surface area contributed by atoms with Crippen LogP contribution in [0.2, 0.25) is 0 Å². The molecule has 166 valence electrons. The number of benzene rings is 3. The Morgan fingerprint density at radius 2 is 1.79 bits per heavy atom. The molecule has 7 heteroatoms. The van der Waals surface area contributed by atoms with Crippen molar-refractivity contribution < 1.29 is 14.3 Å². The van der Waals surface area contributed by atoms with Crippen LogP contribution in [0.1, 0.15) is 21.6 Å². The number of aromatic hydroxyl groups is 1. The van der Waals surface area contributed by atoms with E-state index in [1.54, 1.807) is 17.0 Å². The molecule has 0 aliphatic carbocycles. The fourth-order valence-corrected chi connectivity index (χ4v) is 4.28. The number of rotatable bonds is 3. The molecule has 4 aromatic rings. The van der Waals surface area contributed by atoms with Gasteiger partial charge in [-0.1, -0.05) is 24.3 Å². The Morgan fingerprint density at radius 3 is 2.55 bits per heavy atom. The number of phenols is 1. The number of para-hydroxylation sites is 1. The Labute approximate surface area is 190 Å². The summed E-state index contributed by atoms with van der Waals surface area (Å²) in [6.45, 7) is 0.861. The molecule has 0 fully saturated rings. The average molecular weight is 442 g/mol. The van der Waals surface area contributed by atoms with E-state index in [9.17, 15) is 14.3 Å². The molecule has 0 unspecified atom stereocenters. The molecule has 1 amide bonds. The van der Waals surface area contributed by atoms with Gasteiger partial charge in [-0.2, -0.15) is 0 Å². The van der Waals surface area contributed by atoms with Crippen LogP contribution < -0.4 is 4.90 Å². The topological polar surface area (TPSA) is 69.6 Å². The van der Waals surface area contributed by atoms with Crippen molar-refractivity contribution in [2.24, 2.45) is 0 Å². The summed E-state index contributed by atoms with van der Waals surface area (Å²) in [6.07, 6.45) is 0.558. The van der Waals surface area contributed by atoms with E-state index >= 15 is 0 Å². The number of phenolic OH excluding ortho intramolecular Hbond substituents is 1. The highest BCUT2D eigenvalue weighted by molar-refractivity contribution is 6.05. The van der Waals surface area contributed by atoms with Crippen molar-refractivity contribution in [3.05, 3.63) is 83.3 Å². The van der Waals surface area contributed by atoms with Crippen LogP contribution in [-0.4, -0.2) is 46.5 Å². The summed E-state index contributed by atoms with van der Waals surface area (Å²) in [5.41, 5.74) is 4.18. The smallest absolute Gasteiger partial charge is 0.273 e. The van der Waals surface area contributed by atoms with Crippen LogP contribution in [0.15, 0.2) is 60.7 Å². The van der Waals surface area contributed by atoms with Gasteiger partial charge in [0, 0.05) is 43.7 Å². The number of fused-ring (bicyclic) bond motifs is 2. The molecule has 0 atom stereocenters. The molecule has 2 heterocycles. The van der Waals surface area contributed by atoms with Gasteiger partial charge in [-0.3, -0.25) is 4.79 Å². The second kappa shape index (κ2) is 8.16. The zero-order chi connectivity index (χ0) is 23.1. The van der Waals surface area contributed by atoms with E-state index in [4.69, 9.17) is 0 Å². The maximum absolute atomic E-state index is 13.6. The van der Waals surface area contributed by atoms with Crippen molar-refractivity contribution in [1.82, 2.24) is 14.9 Å². The molecule has 1 aromatic heterocycles. The van der Waals surface area contributed by atoms with Crippen LogP contribution in [0.25, 0.3) is 22.3 Å². The molecule has 0 spiro atoms. The molecule has 33 heavy (non-hydrogen) atoms. The predicted octanol–water partition coefficient (Wildman–Crippen LogP) is 4.41. The molecule has 1 aliphatic rings. The molecule has 0 saturated carbocycles. The first-order valence-corrected chi connectivity index (χ1v) is 10.8. The number of aromatic nitrogens is 2. The third-order valence-electron chi connectivity index (χ3n) is 6.03. The lowest BCUT2D eigenvalue weighted by Crippen LogP contribution is -2.36. The highest BCUT2D eigenvalue weighted by atomic mass is 19.1. The van der Waals surface area contributed by atoms with E-state index in [-0.39, 0.29) is 17.5 Å². The number of nitrogens with zero attached hydrogens (tertiary/aromatic N) is 4. The normalized spacial score (nSPS) is 13.1. The maximum Gasteiger partial charge on any atom is 0.273 e. The number of anilines is 1. The fraction of sp³-hybridized carbons (Fsp3) is 0.192. The van der Waals surface area contributed by atoms with Gasteiger partial charge in [-0.15, -0.1) is 0 Å². The first-order chi connectivity index (χ1) is 15.9. The Balaban J connectivity index is 1.53. The van der Waals surface area contributed by atoms with E-state index in [2.05, 4.69) is 9.97 Å². The lowest BCUT2D eigenvalue weighted by molar-refractivity contribution is 0.0730. The van der Waals surface area contributed by atoms with E-state index in [0.717, 1.165) is 16.8 Å². The minimum absolute atomic E-state index is 0.196. The van der Waals surface area contributed by atoms with Crippen molar-refractivity contribution in [3.8, 4) is 17.1 Å². The van der Waals surface area contributed by atoms with Gasteiger partial charge in [-0.05, 0) is 48.4 Å².